The number of aromatic nitrogens is 3. The van der Waals surface area contributed by atoms with Gasteiger partial charge in [-0.25, -0.2) is 9.78 Å². The Bertz CT molecular complexity index is 1060. The molecule has 0 saturated carbocycles. The number of carbonyl (C=O) groups is 3. The molecule has 0 saturated heterocycles. The van der Waals surface area contributed by atoms with Crippen molar-refractivity contribution in [3.8, 4) is 0 Å². The first-order chi connectivity index (χ1) is 14.4. The summed E-state index contributed by atoms with van der Waals surface area (Å²) >= 11 is 1.54. The second kappa shape index (κ2) is 9.49. The van der Waals surface area contributed by atoms with E-state index in [1.54, 1.807) is 36.1 Å². The molecule has 9 nitrogen and oxygen atoms in total. The highest BCUT2D eigenvalue weighted by Gasteiger charge is 2.19. The molecular weight excluding hydrogens is 406 g/mol. The van der Waals surface area contributed by atoms with Crippen LogP contribution in [0.4, 0.5) is 0 Å². The molecule has 0 aromatic carbocycles. The maximum Gasteiger partial charge on any atom is 0.340 e. The Kier molecular flexibility index (Phi) is 6.78. The molecule has 3 rings (SSSR count). The van der Waals surface area contributed by atoms with Gasteiger partial charge >= 0.3 is 5.97 Å². The summed E-state index contributed by atoms with van der Waals surface area (Å²) in [6.07, 6.45) is 1.39. The molecule has 1 N–H and O–H groups in total. The minimum absolute atomic E-state index is 0.0966. The summed E-state index contributed by atoms with van der Waals surface area (Å²) in [7, 11) is 1.77. The maximum absolute atomic E-state index is 12.4. The van der Waals surface area contributed by atoms with Crippen LogP contribution in [0.5, 0.6) is 0 Å². The van der Waals surface area contributed by atoms with Crippen LogP contribution in [0.1, 0.15) is 27.9 Å². The number of esters is 1. The van der Waals surface area contributed by atoms with Crippen LogP contribution in [0.2, 0.25) is 0 Å². The molecule has 3 aromatic rings. The fourth-order valence-corrected chi connectivity index (χ4v) is 3.57. The fourth-order valence-electron chi connectivity index (χ4n) is 2.93. The molecular formula is C20H23N5O4S. The third-order valence-corrected chi connectivity index (χ3v) is 5.41. The van der Waals surface area contributed by atoms with E-state index >= 15 is 0 Å². The molecule has 0 atom stereocenters. The quantitative estimate of drug-likeness (QED) is 0.546. The molecule has 0 aliphatic rings. The van der Waals surface area contributed by atoms with Crippen LogP contribution in [0.25, 0.3) is 11.0 Å². The first-order valence-electron chi connectivity index (χ1n) is 9.42. The van der Waals surface area contributed by atoms with E-state index in [1.807, 2.05) is 24.4 Å². The van der Waals surface area contributed by atoms with Crippen molar-refractivity contribution in [1.29, 1.82) is 0 Å². The topological polar surface area (TPSA) is 106 Å². The Balaban J connectivity index is 1.53. The number of amides is 2. The van der Waals surface area contributed by atoms with Crippen LogP contribution in [0, 0.1) is 6.92 Å². The highest BCUT2D eigenvalue weighted by molar-refractivity contribution is 7.09. The normalized spacial score (nSPS) is 10.8. The summed E-state index contributed by atoms with van der Waals surface area (Å²) in [5.41, 5.74) is 1.64. The van der Waals surface area contributed by atoms with Crippen molar-refractivity contribution in [2.24, 2.45) is 7.05 Å². The third-order valence-electron chi connectivity index (χ3n) is 4.53. The van der Waals surface area contributed by atoms with E-state index < -0.39 is 18.5 Å². The zero-order valence-electron chi connectivity index (χ0n) is 17.0. The third kappa shape index (κ3) is 5.01. The Morgan fingerprint density at radius 1 is 1.33 bits per heavy atom. The molecule has 2 amide bonds. The van der Waals surface area contributed by atoms with Gasteiger partial charge in [0.2, 0.25) is 5.91 Å². The lowest BCUT2D eigenvalue weighted by atomic mass is 10.2. The van der Waals surface area contributed by atoms with Gasteiger partial charge in [-0.2, -0.15) is 5.10 Å². The number of ether oxygens (including phenoxy) is 1. The highest BCUT2D eigenvalue weighted by Crippen LogP contribution is 2.17. The Hall–Kier alpha value is -3.27. The average Bonchev–Trinajstić information content (AvgIpc) is 3.36. The summed E-state index contributed by atoms with van der Waals surface area (Å²) in [6, 6.07) is 5.48. The van der Waals surface area contributed by atoms with Crippen molar-refractivity contribution in [2.75, 3.05) is 19.7 Å². The number of likely N-dealkylation sites (N-methyl/N-ethyl adjacent to an activating group) is 1. The van der Waals surface area contributed by atoms with Crippen LogP contribution in [-0.4, -0.2) is 57.1 Å². The lowest BCUT2D eigenvalue weighted by Gasteiger charge is -2.20. The molecule has 3 heterocycles. The van der Waals surface area contributed by atoms with Gasteiger partial charge in [-0.05, 0) is 31.4 Å². The summed E-state index contributed by atoms with van der Waals surface area (Å²) < 4.78 is 6.77. The van der Waals surface area contributed by atoms with Gasteiger partial charge in [0.25, 0.3) is 5.91 Å². The van der Waals surface area contributed by atoms with Crippen molar-refractivity contribution in [3.63, 3.8) is 0 Å². The SMILES string of the molecule is CCN(CC(=O)NCc1cccs1)C(=O)COC(=O)c1cnc2c(c1)c(C)nn2C. The van der Waals surface area contributed by atoms with E-state index in [2.05, 4.69) is 15.4 Å². The van der Waals surface area contributed by atoms with Gasteiger partial charge in [-0.15, -0.1) is 11.3 Å². The molecule has 3 aromatic heterocycles. The van der Waals surface area contributed by atoms with Gasteiger partial charge in [0, 0.05) is 30.1 Å². The van der Waals surface area contributed by atoms with Crippen LogP contribution in [-0.2, 0) is 27.9 Å². The van der Waals surface area contributed by atoms with Gasteiger partial charge in [0.05, 0.1) is 24.3 Å². The van der Waals surface area contributed by atoms with Gasteiger partial charge in [-0.3, -0.25) is 14.3 Å². The number of aryl methyl sites for hydroxylation is 2. The van der Waals surface area contributed by atoms with Gasteiger partial charge in [0.15, 0.2) is 12.3 Å². The number of rotatable bonds is 8. The maximum atomic E-state index is 12.4. The fraction of sp³-hybridized carbons (Fsp3) is 0.350. The Labute approximate surface area is 177 Å². The van der Waals surface area contributed by atoms with Crippen LogP contribution < -0.4 is 5.32 Å². The van der Waals surface area contributed by atoms with Crippen molar-refractivity contribution in [1.82, 2.24) is 25.0 Å². The van der Waals surface area contributed by atoms with Crippen molar-refractivity contribution in [3.05, 3.63) is 45.9 Å². The monoisotopic (exact) mass is 429 g/mol. The van der Waals surface area contributed by atoms with E-state index in [0.717, 1.165) is 16.0 Å². The molecule has 0 bridgehead atoms. The number of nitrogens with zero attached hydrogens (tertiary/aromatic N) is 4. The smallest absolute Gasteiger partial charge is 0.340 e. The van der Waals surface area contributed by atoms with Crippen LogP contribution in [0.15, 0.2) is 29.8 Å². The van der Waals surface area contributed by atoms with E-state index in [1.165, 1.54) is 11.1 Å². The van der Waals surface area contributed by atoms with Crippen LogP contribution in [0.3, 0.4) is 0 Å². The number of carbonyl (C=O) groups excluding carboxylic acids is 3. The number of fused-ring (bicyclic) bond motifs is 1. The zero-order valence-corrected chi connectivity index (χ0v) is 17.9. The number of thiophene rings is 1. The highest BCUT2D eigenvalue weighted by atomic mass is 32.1. The van der Waals surface area contributed by atoms with Crippen molar-refractivity contribution in [2.45, 2.75) is 20.4 Å². The number of pyridine rings is 1. The number of hydrogen-bond donors (Lipinski definition) is 1. The predicted octanol–water partition coefficient (Wildman–Crippen LogP) is 1.66. The molecule has 0 aliphatic carbocycles. The summed E-state index contributed by atoms with van der Waals surface area (Å²) in [5, 5.41) is 9.71. The minimum atomic E-state index is -0.654. The van der Waals surface area contributed by atoms with Crippen molar-refractivity contribution >= 4 is 40.2 Å². The standard InChI is InChI=1S/C20H23N5O4S/c1-4-25(11-17(26)21-10-15-6-5-7-30-15)18(27)12-29-20(28)14-8-16-13(2)23-24(3)19(16)22-9-14/h5-9H,4,10-12H2,1-3H3,(H,21,26). The Morgan fingerprint density at radius 2 is 2.13 bits per heavy atom. The van der Waals surface area contributed by atoms with Gasteiger partial charge in [-0.1, -0.05) is 6.07 Å². The molecule has 0 aliphatic heterocycles. The zero-order chi connectivity index (χ0) is 21.7. The molecule has 10 heteroatoms. The van der Waals surface area contributed by atoms with E-state index in [0.29, 0.717) is 18.7 Å². The largest absolute Gasteiger partial charge is 0.452 e. The first kappa shape index (κ1) is 21.4. The van der Waals surface area contributed by atoms with Crippen molar-refractivity contribution < 1.29 is 19.1 Å². The average molecular weight is 430 g/mol. The minimum Gasteiger partial charge on any atom is -0.452 e. The summed E-state index contributed by atoms with van der Waals surface area (Å²) in [4.78, 5) is 43.4. The number of nitrogens with one attached hydrogen (secondary N) is 1. The lowest BCUT2D eigenvalue weighted by Crippen LogP contribution is -2.42. The van der Waals surface area contributed by atoms with Gasteiger partial charge in [0.1, 0.15) is 0 Å². The van der Waals surface area contributed by atoms with Gasteiger partial charge < -0.3 is 15.0 Å². The van der Waals surface area contributed by atoms with E-state index in [-0.39, 0.29) is 18.0 Å². The molecule has 0 unspecified atom stereocenters. The first-order valence-corrected chi connectivity index (χ1v) is 10.3. The van der Waals surface area contributed by atoms with Crippen LogP contribution >= 0.6 is 11.3 Å². The second-order valence-electron chi connectivity index (χ2n) is 6.64. The molecule has 30 heavy (non-hydrogen) atoms. The predicted molar refractivity (Wildman–Crippen MR) is 112 cm³/mol. The summed E-state index contributed by atoms with van der Waals surface area (Å²) in [6.45, 7) is 3.78. The molecule has 0 radical (unpaired) electrons. The molecule has 158 valence electrons. The van der Waals surface area contributed by atoms with E-state index in [9.17, 15) is 14.4 Å². The second-order valence-corrected chi connectivity index (χ2v) is 7.68. The summed E-state index contributed by atoms with van der Waals surface area (Å²) in [5.74, 6) is -1.37. The van der Waals surface area contributed by atoms with E-state index in [4.69, 9.17) is 4.74 Å². The number of hydrogen-bond acceptors (Lipinski definition) is 7. The molecule has 0 fully saturated rings. The lowest BCUT2D eigenvalue weighted by molar-refractivity contribution is -0.138. The molecule has 0 spiro atoms. The Morgan fingerprint density at radius 3 is 2.83 bits per heavy atom.